The Balaban J connectivity index is 2.10. The summed E-state index contributed by atoms with van der Waals surface area (Å²) >= 11 is 0. The molecule has 1 rings (SSSR count). The minimum atomic E-state index is -0.397. The minimum Gasteiger partial charge on any atom is -0.481 e. The highest BCUT2D eigenvalue weighted by Crippen LogP contribution is 2.12. The molecule has 0 heterocycles. The third-order valence-corrected chi connectivity index (χ3v) is 4.01. The Hall–Kier alpha value is -1.51. The SMILES string of the molecule is CCCCCCCCCCNC(=O)C(CC)Oc1ccccc1. The summed E-state index contributed by atoms with van der Waals surface area (Å²) in [4.78, 5) is 12.1. The fourth-order valence-corrected chi connectivity index (χ4v) is 2.57. The molecule has 0 bridgehead atoms. The summed E-state index contributed by atoms with van der Waals surface area (Å²) in [6.45, 7) is 4.97. The summed E-state index contributed by atoms with van der Waals surface area (Å²) in [5, 5.41) is 3.00. The third kappa shape index (κ3) is 9.27. The molecule has 1 aromatic carbocycles. The van der Waals surface area contributed by atoms with E-state index in [0.717, 1.165) is 18.7 Å². The Kier molecular flexibility index (Phi) is 11.0. The van der Waals surface area contributed by atoms with Crippen molar-refractivity contribution in [1.29, 1.82) is 0 Å². The first-order valence-corrected chi connectivity index (χ1v) is 9.27. The maximum atomic E-state index is 12.1. The highest BCUT2D eigenvalue weighted by Gasteiger charge is 2.17. The van der Waals surface area contributed by atoms with Crippen molar-refractivity contribution in [1.82, 2.24) is 5.32 Å². The number of carbonyl (C=O) groups excluding carboxylic acids is 1. The van der Waals surface area contributed by atoms with E-state index in [9.17, 15) is 4.79 Å². The summed E-state index contributed by atoms with van der Waals surface area (Å²) in [5.41, 5.74) is 0. The Morgan fingerprint density at radius 3 is 2.17 bits per heavy atom. The largest absolute Gasteiger partial charge is 0.481 e. The van der Waals surface area contributed by atoms with Crippen LogP contribution in [0.25, 0.3) is 0 Å². The average molecular weight is 319 g/mol. The number of amides is 1. The lowest BCUT2D eigenvalue weighted by Crippen LogP contribution is -2.38. The predicted octanol–water partition coefficient (Wildman–Crippen LogP) is 5.10. The lowest BCUT2D eigenvalue weighted by atomic mass is 10.1. The van der Waals surface area contributed by atoms with Crippen molar-refractivity contribution in [3.05, 3.63) is 30.3 Å². The topological polar surface area (TPSA) is 38.3 Å². The molecule has 0 saturated carbocycles. The van der Waals surface area contributed by atoms with Crippen molar-refractivity contribution < 1.29 is 9.53 Å². The van der Waals surface area contributed by atoms with Crippen molar-refractivity contribution in [2.24, 2.45) is 0 Å². The Labute approximate surface area is 141 Å². The van der Waals surface area contributed by atoms with E-state index in [4.69, 9.17) is 4.74 Å². The highest BCUT2D eigenvalue weighted by molar-refractivity contribution is 5.81. The van der Waals surface area contributed by atoms with Crippen LogP contribution in [-0.4, -0.2) is 18.6 Å². The van der Waals surface area contributed by atoms with Gasteiger partial charge in [-0.05, 0) is 25.0 Å². The molecule has 1 atom stereocenters. The van der Waals surface area contributed by atoms with Crippen LogP contribution in [0.2, 0.25) is 0 Å². The molecule has 0 fully saturated rings. The van der Waals surface area contributed by atoms with E-state index in [0.29, 0.717) is 6.42 Å². The molecule has 0 radical (unpaired) electrons. The number of hydrogen-bond donors (Lipinski definition) is 1. The van der Waals surface area contributed by atoms with Crippen LogP contribution in [0.1, 0.15) is 71.6 Å². The molecule has 0 aromatic heterocycles. The first kappa shape index (κ1) is 19.5. The van der Waals surface area contributed by atoms with Crippen molar-refractivity contribution >= 4 is 5.91 Å². The number of hydrogen-bond acceptors (Lipinski definition) is 2. The molecule has 1 N–H and O–H groups in total. The van der Waals surface area contributed by atoms with Gasteiger partial charge in [0.1, 0.15) is 5.75 Å². The van der Waals surface area contributed by atoms with Gasteiger partial charge in [0.25, 0.3) is 5.91 Å². The van der Waals surface area contributed by atoms with Gasteiger partial charge in [-0.25, -0.2) is 0 Å². The van der Waals surface area contributed by atoms with Gasteiger partial charge < -0.3 is 10.1 Å². The molecule has 1 unspecified atom stereocenters. The van der Waals surface area contributed by atoms with E-state index in [1.165, 1.54) is 44.9 Å². The van der Waals surface area contributed by atoms with Gasteiger partial charge >= 0.3 is 0 Å². The van der Waals surface area contributed by atoms with Crippen LogP contribution in [0, 0.1) is 0 Å². The van der Waals surface area contributed by atoms with Gasteiger partial charge in [0.05, 0.1) is 0 Å². The lowest BCUT2D eigenvalue weighted by molar-refractivity contribution is -0.128. The second kappa shape index (κ2) is 13.0. The smallest absolute Gasteiger partial charge is 0.261 e. The molecule has 1 amide bonds. The van der Waals surface area contributed by atoms with E-state index >= 15 is 0 Å². The highest BCUT2D eigenvalue weighted by atomic mass is 16.5. The van der Waals surface area contributed by atoms with Crippen molar-refractivity contribution in [2.75, 3.05) is 6.54 Å². The van der Waals surface area contributed by atoms with Crippen molar-refractivity contribution in [3.63, 3.8) is 0 Å². The van der Waals surface area contributed by atoms with Gasteiger partial charge in [0, 0.05) is 6.54 Å². The molecule has 23 heavy (non-hydrogen) atoms. The summed E-state index contributed by atoms with van der Waals surface area (Å²) in [5.74, 6) is 0.751. The summed E-state index contributed by atoms with van der Waals surface area (Å²) in [7, 11) is 0. The molecular weight excluding hydrogens is 286 g/mol. The van der Waals surface area contributed by atoms with Crippen LogP contribution in [0.5, 0.6) is 5.75 Å². The molecule has 0 saturated heterocycles. The van der Waals surface area contributed by atoms with Gasteiger partial charge in [-0.3, -0.25) is 4.79 Å². The summed E-state index contributed by atoms with van der Waals surface area (Å²) in [6.07, 6.45) is 10.5. The molecular formula is C20H33NO2. The van der Waals surface area contributed by atoms with Gasteiger partial charge in [0.2, 0.25) is 0 Å². The maximum Gasteiger partial charge on any atom is 0.261 e. The predicted molar refractivity (Wildman–Crippen MR) is 96.8 cm³/mol. The monoisotopic (exact) mass is 319 g/mol. The van der Waals surface area contributed by atoms with Crippen molar-refractivity contribution in [2.45, 2.75) is 77.7 Å². The standard InChI is InChI=1S/C20H33NO2/c1-3-5-6-7-8-9-10-14-17-21-20(22)19(4-2)23-18-15-12-11-13-16-18/h11-13,15-16,19H,3-10,14,17H2,1-2H3,(H,21,22). The van der Waals surface area contributed by atoms with E-state index < -0.39 is 6.10 Å². The zero-order chi connectivity index (χ0) is 16.8. The maximum absolute atomic E-state index is 12.1. The average Bonchev–Trinajstić information content (AvgIpc) is 2.59. The summed E-state index contributed by atoms with van der Waals surface area (Å²) in [6, 6.07) is 9.54. The zero-order valence-electron chi connectivity index (χ0n) is 14.9. The lowest BCUT2D eigenvalue weighted by Gasteiger charge is -2.17. The number of rotatable bonds is 13. The zero-order valence-corrected chi connectivity index (χ0v) is 14.9. The summed E-state index contributed by atoms with van der Waals surface area (Å²) < 4.78 is 5.75. The number of benzene rings is 1. The molecule has 0 aliphatic rings. The molecule has 3 heteroatoms. The van der Waals surface area contributed by atoms with Crippen LogP contribution in [-0.2, 0) is 4.79 Å². The molecule has 0 aliphatic carbocycles. The van der Waals surface area contributed by atoms with Gasteiger partial charge in [0.15, 0.2) is 6.10 Å². The molecule has 130 valence electrons. The van der Waals surface area contributed by atoms with Crippen LogP contribution in [0.3, 0.4) is 0 Å². The van der Waals surface area contributed by atoms with E-state index in [1.807, 2.05) is 37.3 Å². The number of unbranched alkanes of at least 4 members (excludes halogenated alkanes) is 7. The minimum absolute atomic E-state index is 0.000649. The fraction of sp³-hybridized carbons (Fsp3) is 0.650. The second-order valence-electron chi connectivity index (χ2n) is 6.09. The van der Waals surface area contributed by atoms with Crippen LogP contribution >= 0.6 is 0 Å². The molecule has 1 aromatic rings. The van der Waals surface area contributed by atoms with Crippen LogP contribution < -0.4 is 10.1 Å². The van der Waals surface area contributed by atoms with Crippen molar-refractivity contribution in [3.8, 4) is 5.75 Å². The van der Waals surface area contributed by atoms with Gasteiger partial charge in [-0.2, -0.15) is 0 Å². The van der Waals surface area contributed by atoms with Gasteiger partial charge in [-0.15, -0.1) is 0 Å². The Bertz CT molecular complexity index is 405. The van der Waals surface area contributed by atoms with E-state index in [-0.39, 0.29) is 5.91 Å². The van der Waals surface area contributed by atoms with E-state index in [1.54, 1.807) is 0 Å². The number of carbonyl (C=O) groups is 1. The first-order valence-electron chi connectivity index (χ1n) is 9.27. The van der Waals surface area contributed by atoms with Crippen LogP contribution in [0.4, 0.5) is 0 Å². The first-order chi connectivity index (χ1) is 11.3. The van der Waals surface area contributed by atoms with E-state index in [2.05, 4.69) is 12.2 Å². The normalized spacial score (nSPS) is 11.9. The molecule has 0 aliphatic heterocycles. The molecule has 3 nitrogen and oxygen atoms in total. The Morgan fingerprint density at radius 1 is 0.957 bits per heavy atom. The second-order valence-corrected chi connectivity index (χ2v) is 6.09. The van der Waals surface area contributed by atoms with Gasteiger partial charge in [-0.1, -0.05) is 77.0 Å². The quantitative estimate of drug-likeness (QED) is 0.514. The fourth-order valence-electron chi connectivity index (χ4n) is 2.57. The number of nitrogens with one attached hydrogen (secondary N) is 1. The van der Waals surface area contributed by atoms with Crippen LogP contribution in [0.15, 0.2) is 30.3 Å². The third-order valence-electron chi connectivity index (χ3n) is 4.01. The number of para-hydroxylation sites is 1. The number of ether oxygens (including phenoxy) is 1. The Morgan fingerprint density at radius 2 is 1.57 bits per heavy atom. The molecule has 0 spiro atoms.